The highest BCUT2D eigenvalue weighted by atomic mass is 19.2. The van der Waals surface area contributed by atoms with Gasteiger partial charge in [-0.05, 0) is 65.8 Å². The molecule has 6 heteroatoms. The fraction of sp³-hybridized carbons (Fsp3) is 0.154. The average Bonchev–Trinajstić information content (AvgIpc) is 3.31. The Kier molecular flexibility index (Phi) is 5.27. The number of hydrogen-bond acceptors (Lipinski definition) is 2. The molecule has 0 spiro atoms. The van der Waals surface area contributed by atoms with E-state index in [4.69, 9.17) is 0 Å². The fourth-order valence-electron chi connectivity index (χ4n) is 4.30. The topological polar surface area (TPSA) is 46.9 Å². The minimum atomic E-state index is -0.885. The minimum absolute atomic E-state index is 0.0217. The maximum atomic E-state index is 13.6. The lowest BCUT2D eigenvalue weighted by Gasteiger charge is -2.26. The molecule has 0 bridgehead atoms. The molecule has 1 atom stereocenters. The van der Waals surface area contributed by atoms with E-state index >= 15 is 0 Å². The number of nitrogens with one attached hydrogen (secondary N) is 1. The predicted octanol–water partition coefficient (Wildman–Crippen LogP) is 5.62. The van der Waals surface area contributed by atoms with Crippen LogP contribution in [0, 0.1) is 11.6 Å². The highest BCUT2D eigenvalue weighted by Gasteiger charge is 2.23. The smallest absolute Gasteiger partial charge is 0.270 e. The lowest BCUT2D eigenvalue weighted by Crippen LogP contribution is -2.32. The lowest BCUT2D eigenvalue weighted by atomic mass is 9.88. The first-order valence-corrected chi connectivity index (χ1v) is 10.6. The molecule has 0 fully saturated rings. The van der Waals surface area contributed by atoms with Gasteiger partial charge in [-0.15, -0.1) is 0 Å². The molecule has 4 aromatic rings. The molecule has 0 saturated heterocycles. The molecule has 1 heterocycles. The summed E-state index contributed by atoms with van der Waals surface area (Å²) in [7, 11) is 0. The van der Waals surface area contributed by atoms with Crippen LogP contribution in [-0.4, -0.2) is 15.5 Å². The number of aromatic nitrogens is 2. The molecule has 0 saturated carbocycles. The highest BCUT2D eigenvalue weighted by molar-refractivity contribution is 5.93. The van der Waals surface area contributed by atoms with Crippen molar-refractivity contribution in [2.45, 2.75) is 25.3 Å². The van der Waals surface area contributed by atoms with Crippen molar-refractivity contribution in [1.82, 2.24) is 14.9 Å². The zero-order chi connectivity index (χ0) is 22.1. The van der Waals surface area contributed by atoms with Crippen LogP contribution in [0.15, 0.2) is 79.3 Å². The van der Waals surface area contributed by atoms with E-state index in [9.17, 15) is 13.6 Å². The molecule has 32 heavy (non-hydrogen) atoms. The van der Waals surface area contributed by atoms with Gasteiger partial charge in [0.05, 0.1) is 18.6 Å². The average molecular weight is 429 g/mol. The molecule has 1 aliphatic rings. The van der Waals surface area contributed by atoms with Gasteiger partial charge in [-0.1, -0.05) is 42.5 Å². The number of rotatable bonds is 4. The van der Waals surface area contributed by atoms with Gasteiger partial charge in [0.2, 0.25) is 0 Å². The Morgan fingerprint density at radius 2 is 1.75 bits per heavy atom. The number of halogens is 2. The first kappa shape index (κ1) is 20.1. The summed E-state index contributed by atoms with van der Waals surface area (Å²) in [6.07, 6.45) is 6.11. The molecular weight excluding hydrogens is 408 g/mol. The van der Waals surface area contributed by atoms with Crippen molar-refractivity contribution in [2.75, 3.05) is 0 Å². The van der Waals surface area contributed by atoms with Crippen molar-refractivity contribution >= 4 is 5.91 Å². The van der Waals surface area contributed by atoms with Crippen LogP contribution in [0.4, 0.5) is 8.78 Å². The third-order valence-electron chi connectivity index (χ3n) is 5.94. The van der Waals surface area contributed by atoms with E-state index in [2.05, 4.69) is 22.4 Å². The first-order valence-electron chi connectivity index (χ1n) is 10.6. The van der Waals surface area contributed by atoms with E-state index in [1.54, 1.807) is 29.2 Å². The number of carbonyl (C=O) groups is 1. The van der Waals surface area contributed by atoms with Crippen molar-refractivity contribution < 1.29 is 13.6 Å². The van der Waals surface area contributed by atoms with Crippen LogP contribution >= 0.6 is 0 Å². The number of aryl methyl sites for hydroxylation is 1. The molecule has 4 nitrogen and oxygen atoms in total. The number of nitrogens with zero attached hydrogens (tertiary/aromatic N) is 2. The van der Waals surface area contributed by atoms with Crippen LogP contribution in [0.2, 0.25) is 0 Å². The van der Waals surface area contributed by atoms with Gasteiger partial charge in [-0.3, -0.25) is 9.36 Å². The van der Waals surface area contributed by atoms with Gasteiger partial charge in [0.1, 0.15) is 5.69 Å². The van der Waals surface area contributed by atoms with Crippen molar-refractivity contribution in [3.63, 3.8) is 0 Å². The Balaban J connectivity index is 1.38. The number of carbonyl (C=O) groups excluding carboxylic acids is 1. The summed E-state index contributed by atoms with van der Waals surface area (Å²) in [5.41, 5.74) is 4.98. The molecule has 1 aromatic heterocycles. The summed E-state index contributed by atoms with van der Waals surface area (Å²) in [6, 6.07) is 19.3. The van der Waals surface area contributed by atoms with Gasteiger partial charge in [0.25, 0.3) is 5.91 Å². The molecule has 5 rings (SSSR count). The Morgan fingerprint density at radius 1 is 0.969 bits per heavy atom. The second kappa shape index (κ2) is 8.38. The van der Waals surface area contributed by atoms with Gasteiger partial charge in [0.15, 0.2) is 11.6 Å². The van der Waals surface area contributed by atoms with Crippen molar-refractivity contribution in [1.29, 1.82) is 0 Å². The quantitative estimate of drug-likeness (QED) is 0.457. The molecule has 1 N–H and O–H groups in total. The summed E-state index contributed by atoms with van der Waals surface area (Å²) in [5, 5.41) is 3.16. The van der Waals surface area contributed by atoms with Crippen LogP contribution in [0.25, 0.3) is 16.8 Å². The van der Waals surface area contributed by atoms with Crippen LogP contribution in [0.1, 0.15) is 40.5 Å². The standard InChI is InChI=1S/C26H21F2N3O/c27-22-13-10-19(14-23(22)28)17-8-11-20(12-9-17)31-16-29-15-25(31)26(32)30-24-7-3-5-18-4-1-2-6-21(18)24/h1-2,4,6,8-16,24H,3,5,7H2,(H,30,32). The van der Waals surface area contributed by atoms with Gasteiger partial charge in [0, 0.05) is 5.69 Å². The van der Waals surface area contributed by atoms with Gasteiger partial charge in [-0.25, -0.2) is 13.8 Å². The molecule has 160 valence electrons. The monoisotopic (exact) mass is 429 g/mol. The molecule has 1 aliphatic carbocycles. The van der Waals surface area contributed by atoms with E-state index in [0.717, 1.165) is 36.6 Å². The summed E-state index contributed by atoms with van der Waals surface area (Å²) >= 11 is 0. The second-order valence-corrected chi connectivity index (χ2v) is 7.94. The molecular formula is C26H21F2N3O. The Labute approximate surface area is 184 Å². The molecule has 0 aliphatic heterocycles. The molecule has 3 aromatic carbocycles. The Morgan fingerprint density at radius 3 is 2.56 bits per heavy atom. The van der Waals surface area contributed by atoms with Crippen LogP contribution in [0.3, 0.4) is 0 Å². The lowest BCUT2D eigenvalue weighted by molar-refractivity contribution is 0.0926. The number of imidazole rings is 1. The fourth-order valence-corrected chi connectivity index (χ4v) is 4.30. The van der Waals surface area contributed by atoms with Crippen LogP contribution in [-0.2, 0) is 6.42 Å². The number of benzene rings is 3. The highest BCUT2D eigenvalue weighted by Crippen LogP contribution is 2.30. The molecule has 1 amide bonds. The van der Waals surface area contributed by atoms with Crippen molar-refractivity contribution in [3.05, 3.63) is 108 Å². The maximum Gasteiger partial charge on any atom is 0.270 e. The first-order chi connectivity index (χ1) is 15.6. The zero-order valence-electron chi connectivity index (χ0n) is 17.3. The summed E-state index contributed by atoms with van der Waals surface area (Å²) in [4.78, 5) is 17.3. The third kappa shape index (κ3) is 3.80. The number of hydrogen-bond donors (Lipinski definition) is 1. The predicted molar refractivity (Wildman–Crippen MR) is 119 cm³/mol. The zero-order valence-corrected chi connectivity index (χ0v) is 17.3. The molecule has 0 radical (unpaired) electrons. The molecule has 1 unspecified atom stereocenters. The number of fused-ring (bicyclic) bond motifs is 1. The van der Waals surface area contributed by atoms with Gasteiger partial charge >= 0.3 is 0 Å². The van der Waals surface area contributed by atoms with Crippen LogP contribution < -0.4 is 5.32 Å². The second-order valence-electron chi connectivity index (χ2n) is 7.94. The third-order valence-corrected chi connectivity index (χ3v) is 5.94. The van der Waals surface area contributed by atoms with E-state index < -0.39 is 11.6 Å². The SMILES string of the molecule is O=C(NC1CCCc2ccccc21)c1cncn1-c1ccc(-c2ccc(F)c(F)c2)cc1. The van der Waals surface area contributed by atoms with Crippen molar-refractivity contribution in [2.24, 2.45) is 0 Å². The van der Waals surface area contributed by atoms with Crippen LogP contribution in [0.5, 0.6) is 0 Å². The summed E-state index contributed by atoms with van der Waals surface area (Å²) in [5.74, 6) is -1.95. The van der Waals surface area contributed by atoms with E-state index in [-0.39, 0.29) is 11.9 Å². The van der Waals surface area contributed by atoms with E-state index in [0.29, 0.717) is 11.3 Å². The maximum absolute atomic E-state index is 13.6. The Hall–Kier alpha value is -3.80. The van der Waals surface area contributed by atoms with E-state index in [1.807, 2.05) is 24.3 Å². The van der Waals surface area contributed by atoms with Gasteiger partial charge in [-0.2, -0.15) is 0 Å². The normalized spacial score (nSPS) is 15.2. The number of amides is 1. The minimum Gasteiger partial charge on any atom is -0.344 e. The van der Waals surface area contributed by atoms with Crippen molar-refractivity contribution in [3.8, 4) is 16.8 Å². The van der Waals surface area contributed by atoms with Gasteiger partial charge < -0.3 is 5.32 Å². The summed E-state index contributed by atoms with van der Waals surface area (Å²) in [6.45, 7) is 0. The summed E-state index contributed by atoms with van der Waals surface area (Å²) < 4.78 is 28.5. The largest absolute Gasteiger partial charge is 0.344 e. The Bertz CT molecular complexity index is 1280. The van der Waals surface area contributed by atoms with E-state index in [1.165, 1.54) is 23.3 Å².